The zero-order chi connectivity index (χ0) is 14.0. The van der Waals surface area contributed by atoms with Gasteiger partial charge in [0.2, 0.25) is 0 Å². The van der Waals surface area contributed by atoms with Crippen molar-refractivity contribution >= 4 is 12.0 Å². The number of rotatable bonds is 2. The number of likely N-dealkylation sites (tertiary alicyclic amines) is 1. The molecule has 2 amide bonds. The van der Waals surface area contributed by atoms with Gasteiger partial charge < -0.3 is 24.7 Å². The van der Waals surface area contributed by atoms with Crippen molar-refractivity contribution in [3.63, 3.8) is 0 Å². The molecule has 7 nitrogen and oxygen atoms in total. The molecule has 2 N–H and O–H groups in total. The Balaban J connectivity index is 2.04. The summed E-state index contributed by atoms with van der Waals surface area (Å²) in [6, 6.07) is -0.989. The van der Waals surface area contributed by atoms with Gasteiger partial charge in [0.15, 0.2) is 0 Å². The molecule has 2 unspecified atom stereocenters. The third-order valence-corrected chi connectivity index (χ3v) is 3.58. The molecule has 3 atom stereocenters. The van der Waals surface area contributed by atoms with Crippen LogP contribution in [0, 0.1) is 0 Å². The largest absolute Gasteiger partial charge is 0.480 e. The number of carboxylic acid groups (broad SMARTS) is 1. The highest BCUT2D eigenvalue weighted by Gasteiger charge is 2.38. The molecule has 2 rings (SSSR count). The van der Waals surface area contributed by atoms with Crippen LogP contribution in [0.25, 0.3) is 0 Å². The number of amides is 2. The van der Waals surface area contributed by atoms with Gasteiger partial charge in [-0.1, -0.05) is 0 Å². The summed E-state index contributed by atoms with van der Waals surface area (Å²) in [4.78, 5) is 26.5. The van der Waals surface area contributed by atoms with E-state index in [2.05, 4.69) is 0 Å². The van der Waals surface area contributed by atoms with Gasteiger partial charge in [-0.15, -0.1) is 0 Å². The molecule has 19 heavy (non-hydrogen) atoms. The summed E-state index contributed by atoms with van der Waals surface area (Å²) in [6.45, 7) is 2.91. The zero-order valence-electron chi connectivity index (χ0n) is 11.0. The van der Waals surface area contributed by atoms with Crippen LogP contribution in [-0.2, 0) is 9.53 Å². The Hall–Kier alpha value is -1.34. The number of hydrogen-bond donors (Lipinski definition) is 2. The molecule has 0 aromatic carbocycles. The maximum absolute atomic E-state index is 12.4. The topological polar surface area (TPSA) is 90.3 Å². The van der Waals surface area contributed by atoms with Gasteiger partial charge in [0.1, 0.15) is 6.04 Å². The van der Waals surface area contributed by atoms with E-state index in [1.54, 1.807) is 4.90 Å². The van der Waals surface area contributed by atoms with Crippen molar-refractivity contribution < 1.29 is 24.5 Å². The first kappa shape index (κ1) is 14.1. The van der Waals surface area contributed by atoms with Crippen LogP contribution in [0.4, 0.5) is 4.79 Å². The fraction of sp³-hybridized carbons (Fsp3) is 0.833. The zero-order valence-corrected chi connectivity index (χ0v) is 11.0. The van der Waals surface area contributed by atoms with E-state index in [1.807, 2.05) is 6.92 Å². The molecule has 2 saturated heterocycles. The standard InChI is InChI=1S/C12H20N2O5/c1-8-5-13(6-9(7-15)19-8)12(18)14-4-2-3-10(14)11(16)17/h8-10,15H,2-7H2,1H3,(H,16,17)/t8?,9?,10-/m1/s1. The molecular formula is C12H20N2O5. The lowest BCUT2D eigenvalue weighted by Gasteiger charge is -2.38. The molecule has 0 spiro atoms. The van der Waals surface area contributed by atoms with E-state index >= 15 is 0 Å². The lowest BCUT2D eigenvalue weighted by molar-refractivity contribution is -0.141. The van der Waals surface area contributed by atoms with Crippen LogP contribution in [0.3, 0.4) is 0 Å². The summed E-state index contributed by atoms with van der Waals surface area (Å²) in [5.74, 6) is -0.953. The van der Waals surface area contributed by atoms with E-state index in [1.165, 1.54) is 4.90 Å². The summed E-state index contributed by atoms with van der Waals surface area (Å²) in [6.07, 6.45) is 0.676. The Kier molecular flexibility index (Phi) is 4.26. The summed E-state index contributed by atoms with van der Waals surface area (Å²) in [5, 5.41) is 18.2. The normalized spacial score (nSPS) is 31.6. The second-order valence-electron chi connectivity index (χ2n) is 5.13. The lowest BCUT2D eigenvalue weighted by Crippen LogP contribution is -2.55. The van der Waals surface area contributed by atoms with Crippen LogP contribution in [0.2, 0.25) is 0 Å². The monoisotopic (exact) mass is 272 g/mol. The number of urea groups is 1. The van der Waals surface area contributed by atoms with Gasteiger partial charge >= 0.3 is 12.0 Å². The fourth-order valence-electron chi connectivity index (χ4n) is 2.74. The van der Waals surface area contributed by atoms with E-state index in [9.17, 15) is 9.59 Å². The first-order valence-electron chi connectivity index (χ1n) is 6.57. The van der Waals surface area contributed by atoms with Crippen LogP contribution < -0.4 is 0 Å². The predicted octanol–water partition coefficient (Wildman–Crippen LogP) is -0.263. The average Bonchev–Trinajstić information content (AvgIpc) is 2.86. The molecule has 0 saturated carbocycles. The third kappa shape index (κ3) is 2.98. The summed E-state index contributed by atoms with van der Waals surface area (Å²) in [7, 11) is 0. The summed E-state index contributed by atoms with van der Waals surface area (Å²) < 4.78 is 5.47. The SMILES string of the molecule is CC1CN(C(=O)N2CCC[C@@H]2C(=O)O)CC(CO)O1. The van der Waals surface area contributed by atoms with Crippen molar-refractivity contribution in [3.05, 3.63) is 0 Å². The minimum absolute atomic E-state index is 0.142. The van der Waals surface area contributed by atoms with Crippen molar-refractivity contribution in [1.29, 1.82) is 0 Å². The number of carbonyl (C=O) groups is 2. The number of ether oxygens (including phenoxy) is 1. The van der Waals surface area contributed by atoms with Crippen molar-refractivity contribution in [2.24, 2.45) is 0 Å². The van der Waals surface area contributed by atoms with Crippen molar-refractivity contribution in [2.75, 3.05) is 26.2 Å². The fourth-order valence-corrected chi connectivity index (χ4v) is 2.74. The van der Waals surface area contributed by atoms with E-state index in [-0.39, 0.29) is 18.7 Å². The van der Waals surface area contributed by atoms with E-state index in [0.29, 0.717) is 32.5 Å². The number of aliphatic hydroxyl groups excluding tert-OH is 1. The second kappa shape index (κ2) is 5.75. The number of aliphatic carboxylic acids is 1. The molecule has 108 valence electrons. The van der Waals surface area contributed by atoms with Gasteiger partial charge in [0.25, 0.3) is 0 Å². The maximum atomic E-state index is 12.4. The summed E-state index contributed by atoms with van der Waals surface area (Å²) in [5.41, 5.74) is 0. The molecule has 2 heterocycles. The van der Waals surface area contributed by atoms with Crippen LogP contribution in [0.15, 0.2) is 0 Å². The number of hydrogen-bond acceptors (Lipinski definition) is 4. The number of morpholine rings is 1. The first-order valence-corrected chi connectivity index (χ1v) is 6.57. The second-order valence-corrected chi connectivity index (χ2v) is 5.13. The third-order valence-electron chi connectivity index (χ3n) is 3.58. The molecule has 2 aliphatic heterocycles. The van der Waals surface area contributed by atoms with Gasteiger partial charge in [-0.25, -0.2) is 9.59 Å². The van der Waals surface area contributed by atoms with Crippen LogP contribution >= 0.6 is 0 Å². The maximum Gasteiger partial charge on any atom is 0.326 e. The molecule has 0 aromatic rings. The Labute approximate surface area is 111 Å². The number of carboxylic acids is 1. The average molecular weight is 272 g/mol. The number of nitrogens with zero attached hydrogens (tertiary/aromatic N) is 2. The van der Waals surface area contributed by atoms with E-state index in [4.69, 9.17) is 14.9 Å². The van der Waals surface area contributed by atoms with Crippen molar-refractivity contribution in [2.45, 2.75) is 38.0 Å². The Morgan fingerprint density at radius 2 is 2.11 bits per heavy atom. The molecule has 0 bridgehead atoms. The smallest absolute Gasteiger partial charge is 0.326 e. The van der Waals surface area contributed by atoms with Gasteiger partial charge in [0, 0.05) is 13.1 Å². The lowest BCUT2D eigenvalue weighted by atomic mass is 10.2. The molecule has 0 radical (unpaired) electrons. The first-order chi connectivity index (χ1) is 9.02. The van der Waals surface area contributed by atoms with Gasteiger partial charge in [-0.3, -0.25) is 0 Å². The number of aliphatic hydroxyl groups is 1. The quantitative estimate of drug-likeness (QED) is 0.722. The molecular weight excluding hydrogens is 252 g/mol. The highest BCUT2D eigenvalue weighted by molar-refractivity contribution is 5.83. The van der Waals surface area contributed by atoms with Crippen LogP contribution in [-0.4, -0.2) is 76.5 Å². The van der Waals surface area contributed by atoms with Crippen LogP contribution in [0.1, 0.15) is 19.8 Å². The molecule has 7 heteroatoms. The minimum atomic E-state index is -0.953. The summed E-state index contributed by atoms with van der Waals surface area (Å²) >= 11 is 0. The Morgan fingerprint density at radius 1 is 1.37 bits per heavy atom. The van der Waals surface area contributed by atoms with Crippen LogP contribution in [0.5, 0.6) is 0 Å². The molecule has 0 aromatic heterocycles. The Bertz CT molecular complexity index is 362. The highest BCUT2D eigenvalue weighted by atomic mass is 16.5. The van der Waals surface area contributed by atoms with Crippen molar-refractivity contribution in [3.8, 4) is 0 Å². The van der Waals surface area contributed by atoms with Gasteiger partial charge in [-0.05, 0) is 19.8 Å². The van der Waals surface area contributed by atoms with E-state index in [0.717, 1.165) is 0 Å². The predicted molar refractivity (Wildman–Crippen MR) is 65.8 cm³/mol. The Morgan fingerprint density at radius 3 is 2.74 bits per heavy atom. The van der Waals surface area contributed by atoms with E-state index < -0.39 is 18.1 Å². The molecule has 2 aliphatic rings. The minimum Gasteiger partial charge on any atom is -0.480 e. The number of carbonyl (C=O) groups excluding carboxylic acids is 1. The van der Waals surface area contributed by atoms with Crippen molar-refractivity contribution in [1.82, 2.24) is 9.80 Å². The van der Waals surface area contributed by atoms with Gasteiger partial charge in [0.05, 0.1) is 25.4 Å². The molecule has 0 aliphatic carbocycles. The highest BCUT2D eigenvalue weighted by Crippen LogP contribution is 2.21. The van der Waals surface area contributed by atoms with Gasteiger partial charge in [-0.2, -0.15) is 0 Å². The molecule has 2 fully saturated rings.